The molecule has 1 fully saturated rings. The van der Waals surface area contributed by atoms with E-state index in [1.54, 1.807) is 29.6 Å². The highest BCUT2D eigenvalue weighted by Crippen LogP contribution is 2.28. The first kappa shape index (κ1) is 21.3. The number of rotatable bonds is 6. The van der Waals surface area contributed by atoms with Crippen molar-refractivity contribution >= 4 is 21.6 Å². The van der Waals surface area contributed by atoms with E-state index >= 15 is 0 Å². The Balaban J connectivity index is 1.75. The summed E-state index contributed by atoms with van der Waals surface area (Å²) in [6.07, 6.45) is 2.68. The molecule has 1 amide bonds. The summed E-state index contributed by atoms with van der Waals surface area (Å²) in [5, 5.41) is 2.71. The topological polar surface area (TPSA) is 75.7 Å². The molecule has 6 nitrogen and oxygen atoms in total. The summed E-state index contributed by atoms with van der Waals surface area (Å²) in [6.45, 7) is 4.27. The van der Waals surface area contributed by atoms with Crippen LogP contribution in [0.2, 0.25) is 0 Å². The molecule has 7 heteroatoms. The number of piperidine rings is 1. The monoisotopic (exact) mass is 416 g/mol. The molecule has 3 rings (SSSR count). The molecule has 1 N–H and O–H groups in total. The van der Waals surface area contributed by atoms with Gasteiger partial charge in [-0.25, -0.2) is 8.42 Å². The number of anilines is 1. The van der Waals surface area contributed by atoms with Crippen molar-refractivity contribution in [1.82, 2.24) is 4.31 Å². The summed E-state index contributed by atoms with van der Waals surface area (Å²) in [6, 6.07) is 12.8. The van der Waals surface area contributed by atoms with E-state index < -0.39 is 10.0 Å². The summed E-state index contributed by atoms with van der Waals surface area (Å²) >= 11 is 0. The largest absolute Gasteiger partial charge is 0.497 e. The summed E-state index contributed by atoms with van der Waals surface area (Å²) in [4.78, 5) is 11.6. The molecule has 2 aromatic carbocycles. The van der Waals surface area contributed by atoms with Gasteiger partial charge in [0.05, 0.1) is 12.0 Å². The highest BCUT2D eigenvalue weighted by atomic mass is 32.2. The summed E-state index contributed by atoms with van der Waals surface area (Å²) in [7, 11) is -1.97. The van der Waals surface area contributed by atoms with E-state index in [2.05, 4.69) is 5.32 Å². The summed E-state index contributed by atoms with van der Waals surface area (Å²) in [5.41, 5.74) is 2.54. The Labute approximate surface area is 172 Å². The summed E-state index contributed by atoms with van der Waals surface area (Å²) < 4.78 is 33.2. The number of ether oxygens (including phenoxy) is 1. The van der Waals surface area contributed by atoms with Crippen LogP contribution in [0, 0.1) is 12.8 Å². The van der Waals surface area contributed by atoms with Crippen LogP contribution in [0.15, 0.2) is 47.4 Å². The number of nitrogens with one attached hydrogen (secondary N) is 1. The van der Waals surface area contributed by atoms with Crippen LogP contribution in [0.4, 0.5) is 5.69 Å². The zero-order valence-electron chi connectivity index (χ0n) is 17.1. The number of carbonyl (C=O) groups is 1. The number of amides is 1. The van der Waals surface area contributed by atoms with Crippen LogP contribution >= 0.6 is 0 Å². The average molecular weight is 417 g/mol. The lowest BCUT2D eigenvalue weighted by Crippen LogP contribution is -2.40. The third-order valence-electron chi connectivity index (χ3n) is 5.32. The van der Waals surface area contributed by atoms with Crippen molar-refractivity contribution in [3.63, 3.8) is 0 Å². The maximum Gasteiger partial charge on any atom is 0.243 e. The maximum absolute atomic E-state index is 13.2. The van der Waals surface area contributed by atoms with Crippen molar-refractivity contribution in [2.45, 2.75) is 38.0 Å². The van der Waals surface area contributed by atoms with Gasteiger partial charge in [0.25, 0.3) is 0 Å². The van der Waals surface area contributed by atoms with Gasteiger partial charge in [-0.05, 0) is 67.5 Å². The summed E-state index contributed by atoms with van der Waals surface area (Å²) in [5.74, 6) is 0.864. The quantitative estimate of drug-likeness (QED) is 0.781. The van der Waals surface area contributed by atoms with Crippen molar-refractivity contribution < 1.29 is 17.9 Å². The predicted octanol–water partition coefficient (Wildman–Crippen LogP) is 3.61. The smallest absolute Gasteiger partial charge is 0.243 e. The molecule has 1 aliphatic rings. The van der Waals surface area contributed by atoms with E-state index in [-0.39, 0.29) is 16.7 Å². The van der Waals surface area contributed by atoms with Crippen LogP contribution < -0.4 is 10.1 Å². The highest BCUT2D eigenvalue weighted by molar-refractivity contribution is 7.89. The Morgan fingerprint density at radius 1 is 1.21 bits per heavy atom. The molecular weight excluding hydrogens is 388 g/mol. The standard InChI is InChI=1S/C22H28N2O4S/c1-16-6-11-21(14-22(16)23-17(2)25)29(26,27)24-12-4-5-19(15-24)13-18-7-9-20(28-3)10-8-18/h6-11,14,19H,4-5,12-13,15H2,1-3H3,(H,23,25). The number of sulfonamides is 1. The van der Waals surface area contributed by atoms with Gasteiger partial charge in [-0.15, -0.1) is 0 Å². The van der Waals surface area contributed by atoms with E-state index in [0.29, 0.717) is 18.8 Å². The lowest BCUT2D eigenvalue weighted by atomic mass is 9.92. The first-order valence-electron chi connectivity index (χ1n) is 9.81. The molecule has 0 aromatic heterocycles. The number of methoxy groups -OCH3 is 1. The Morgan fingerprint density at radius 2 is 1.93 bits per heavy atom. The molecule has 1 atom stereocenters. The zero-order chi connectivity index (χ0) is 21.0. The second-order valence-corrected chi connectivity index (χ2v) is 9.52. The molecule has 0 radical (unpaired) electrons. The van der Waals surface area contributed by atoms with Crippen molar-refractivity contribution in [3.05, 3.63) is 53.6 Å². The molecule has 1 unspecified atom stereocenters. The van der Waals surface area contributed by atoms with Crippen LogP contribution in [0.5, 0.6) is 5.75 Å². The Bertz CT molecular complexity index is 971. The first-order valence-corrected chi connectivity index (χ1v) is 11.2. The van der Waals surface area contributed by atoms with E-state index in [9.17, 15) is 13.2 Å². The third kappa shape index (κ3) is 5.16. The Morgan fingerprint density at radius 3 is 2.59 bits per heavy atom. The second kappa shape index (κ2) is 8.97. The van der Waals surface area contributed by atoms with Gasteiger partial charge in [0.1, 0.15) is 5.75 Å². The van der Waals surface area contributed by atoms with Gasteiger partial charge in [-0.1, -0.05) is 18.2 Å². The van der Waals surface area contributed by atoms with Crippen LogP contribution in [0.25, 0.3) is 0 Å². The number of hydrogen-bond donors (Lipinski definition) is 1. The number of aryl methyl sites for hydroxylation is 1. The molecule has 0 aliphatic carbocycles. The maximum atomic E-state index is 13.2. The molecule has 29 heavy (non-hydrogen) atoms. The minimum atomic E-state index is -3.61. The van der Waals surface area contributed by atoms with Gasteiger partial charge in [0.2, 0.25) is 15.9 Å². The zero-order valence-corrected chi connectivity index (χ0v) is 18.0. The fourth-order valence-corrected chi connectivity index (χ4v) is 5.32. The van der Waals surface area contributed by atoms with Gasteiger partial charge in [0, 0.05) is 25.7 Å². The molecule has 1 aliphatic heterocycles. The van der Waals surface area contributed by atoms with Crippen molar-refractivity contribution in [1.29, 1.82) is 0 Å². The minimum absolute atomic E-state index is 0.219. The fourth-order valence-electron chi connectivity index (χ4n) is 3.74. The molecule has 0 bridgehead atoms. The van der Waals surface area contributed by atoms with Crippen LogP contribution in [-0.4, -0.2) is 38.8 Å². The van der Waals surface area contributed by atoms with E-state index in [4.69, 9.17) is 4.74 Å². The number of nitrogens with zero attached hydrogens (tertiary/aromatic N) is 1. The van der Waals surface area contributed by atoms with E-state index in [0.717, 1.165) is 30.6 Å². The molecule has 0 spiro atoms. The predicted molar refractivity (Wildman–Crippen MR) is 114 cm³/mol. The van der Waals surface area contributed by atoms with Gasteiger partial charge in [-0.3, -0.25) is 4.79 Å². The minimum Gasteiger partial charge on any atom is -0.497 e. The van der Waals surface area contributed by atoms with E-state index in [1.165, 1.54) is 12.5 Å². The first-order chi connectivity index (χ1) is 13.8. The molecule has 1 heterocycles. The SMILES string of the molecule is COc1ccc(CC2CCCN(S(=O)(=O)c3ccc(C)c(NC(C)=O)c3)C2)cc1. The van der Waals surface area contributed by atoms with Crippen LogP contribution in [0.1, 0.15) is 30.9 Å². The molecule has 1 saturated heterocycles. The van der Waals surface area contributed by atoms with Gasteiger partial charge in [-0.2, -0.15) is 4.31 Å². The number of benzene rings is 2. The van der Waals surface area contributed by atoms with Crippen molar-refractivity contribution in [3.8, 4) is 5.75 Å². The molecule has 2 aromatic rings. The van der Waals surface area contributed by atoms with Crippen molar-refractivity contribution in [2.75, 3.05) is 25.5 Å². The Kier molecular flexibility index (Phi) is 6.59. The lowest BCUT2D eigenvalue weighted by molar-refractivity contribution is -0.114. The van der Waals surface area contributed by atoms with Gasteiger partial charge < -0.3 is 10.1 Å². The van der Waals surface area contributed by atoms with Gasteiger partial charge in [0.15, 0.2) is 0 Å². The van der Waals surface area contributed by atoms with Crippen molar-refractivity contribution in [2.24, 2.45) is 5.92 Å². The average Bonchev–Trinajstić information content (AvgIpc) is 2.70. The number of hydrogen-bond acceptors (Lipinski definition) is 4. The molecular formula is C22H28N2O4S. The molecule has 156 valence electrons. The van der Waals surface area contributed by atoms with Crippen LogP contribution in [-0.2, 0) is 21.2 Å². The Hall–Kier alpha value is -2.38. The number of carbonyl (C=O) groups excluding carboxylic acids is 1. The lowest BCUT2D eigenvalue weighted by Gasteiger charge is -2.32. The highest BCUT2D eigenvalue weighted by Gasteiger charge is 2.30. The van der Waals surface area contributed by atoms with E-state index in [1.807, 2.05) is 31.2 Å². The van der Waals surface area contributed by atoms with Gasteiger partial charge >= 0.3 is 0 Å². The third-order valence-corrected chi connectivity index (χ3v) is 7.18. The van der Waals surface area contributed by atoms with Crippen LogP contribution in [0.3, 0.4) is 0 Å². The normalized spacial score (nSPS) is 17.7. The molecule has 0 saturated carbocycles. The second-order valence-electron chi connectivity index (χ2n) is 7.58. The fraction of sp³-hybridized carbons (Fsp3) is 0.409.